The summed E-state index contributed by atoms with van der Waals surface area (Å²) in [5, 5.41) is 5.16. The lowest BCUT2D eigenvalue weighted by Crippen LogP contribution is -2.24. The summed E-state index contributed by atoms with van der Waals surface area (Å²) in [5.74, 6) is 0. The molecule has 76 valence electrons. The fourth-order valence-corrected chi connectivity index (χ4v) is 1.09. The first kappa shape index (κ1) is 10.5. The van der Waals surface area contributed by atoms with Crippen LogP contribution in [0.4, 0.5) is 10.5 Å². The summed E-state index contributed by atoms with van der Waals surface area (Å²) in [4.78, 5) is 11.0. The monoisotopic (exact) mass is 193 g/mol. The highest BCUT2D eigenvalue weighted by Gasteiger charge is 2.02. The van der Waals surface area contributed by atoms with Crippen LogP contribution < -0.4 is 16.4 Å². The molecule has 4 heteroatoms. The van der Waals surface area contributed by atoms with E-state index in [0.29, 0.717) is 0 Å². The molecule has 1 aromatic rings. The second-order valence-electron chi connectivity index (χ2n) is 3.12. The molecular weight excluding hydrogens is 178 g/mol. The van der Waals surface area contributed by atoms with Crippen molar-refractivity contribution in [3.8, 4) is 0 Å². The van der Waals surface area contributed by atoms with Gasteiger partial charge in [-0.2, -0.15) is 0 Å². The molecule has 0 aliphatic carbocycles. The number of urea groups is 1. The fraction of sp³-hybridized carbons (Fsp3) is 0.300. The Morgan fingerprint density at radius 3 is 2.79 bits per heavy atom. The molecule has 0 radical (unpaired) electrons. The number of amides is 2. The van der Waals surface area contributed by atoms with Crippen molar-refractivity contribution in [1.82, 2.24) is 5.32 Å². The first-order valence-corrected chi connectivity index (χ1v) is 4.47. The summed E-state index contributed by atoms with van der Waals surface area (Å²) >= 11 is 0. The minimum absolute atomic E-state index is 0.0264. The van der Waals surface area contributed by atoms with Crippen LogP contribution in [0.1, 0.15) is 18.5 Å². The molecule has 0 saturated heterocycles. The van der Waals surface area contributed by atoms with Crippen molar-refractivity contribution in [3.63, 3.8) is 0 Å². The van der Waals surface area contributed by atoms with E-state index in [1.165, 1.54) is 0 Å². The van der Waals surface area contributed by atoms with Crippen LogP contribution in [-0.2, 0) is 0 Å². The maximum atomic E-state index is 11.0. The van der Waals surface area contributed by atoms with Gasteiger partial charge in [-0.25, -0.2) is 4.79 Å². The molecular formula is C10H15N3O. The molecule has 1 atom stereocenters. The zero-order valence-corrected chi connectivity index (χ0v) is 8.37. The van der Waals surface area contributed by atoms with Crippen LogP contribution in [0.15, 0.2) is 24.3 Å². The summed E-state index contributed by atoms with van der Waals surface area (Å²) < 4.78 is 0. The molecule has 1 rings (SSSR count). The van der Waals surface area contributed by atoms with Crippen LogP contribution in [-0.4, -0.2) is 13.1 Å². The van der Waals surface area contributed by atoms with Crippen LogP contribution in [0.5, 0.6) is 0 Å². The number of hydrogen-bond acceptors (Lipinski definition) is 2. The van der Waals surface area contributed by atoms with Crippen LogP contribution in [0.2, 0.25) is 0 Å². The van der Waals surface area contributed by atoms with Crippen molar-refractivity contribution < 1.29 is 4.79 Å². The van der Waals surface area contributed by atoms with Crippen molar-refractivity contribution in [2.45, 2.75) is 13.0 Å². The van der Waals surface area contributed by atoms with Gasteiger partial charge >= 0.3 is 6.03 Å². The zero-order valence-electron chi connectivity index (χ0n) is 8.37. The highest BCUT2D eigenvalue weighted by atomic mass is 16.2. The van der Waals surface area contributed by atoms with Gasteiger partial charge in [0.1, 0.15) is 0 Å². The first-order valence-electron chi connectivity index (χ1n) is 4.47. The van der Waals surface area contributed by atoms with Gasteiger partial charge in [-0.1, -0.05) is 12.1 Å². The van der Waals surface area contributed by atoms with Crippen molar-refractivity contribution in [3.05, 3.63) is 29.8 Å². The van der Waals surface area contributed by atoms with Gasteiger partial charge in [0, 0.05) is 18.8 Å². The number of carbonyl (C=O) groups excluding carboxylic acids is 1. The van der Waals surface area contributed by atoms with Gasteiger partial charge < -0.3 is 16.4 Å². The Balaban J connectivity index is 2.78. The minimum Gasteiger partial charge on any atom is -0.341 e. The summed E-state index contributed by atoms with van der Waals surface area (Å²) in [7, 11) is 1.57. The highest BCUT2D eigenvalue weighted by molar-refractivity contribution is 5.89. The van der Waals surface area contributed by atoms with Gasteiger partial charge in [-0.05, 0) is 24.6 Å². The van der Waals surface area contributed by atoms with Crippen LogP contribution in [0, 0.1) is 0 Å². The topological polar surface area (TPSA) is 67.2 Å². The van der Waals surface area contributed by atoms with E-state index in [9.17, 15) is 4.79 Å². The maximum absolute atomic E-state index is 11.0. The standard InChI is InChI=1S/C10H15N3O/c1-7(11)8-4-3-5-9(6-8)13-10(14)12-2/h3-7H,11H2,1-2H3,(H2,12,13,14). The van der Waals surface area contributed by atoms with Gasteiger partial charge in [-0.15, -0.1) is 0 Å². The minimum atomic E-state index is -0.230. The lowest BCUT2D eigenvalue weighted by Gasteiger charge is -2.08. The highest BCUT2D eigenvalue weighted by Crippen LogP contribution is 2.15. The van der Waals surface area contributed by atoms with Crippen molar-refractivity contribution in [2.75, 3.05) is 12.4 Å². The number of hydrogen-bond donors (Lipinski definition) is 3. The van der Waals surface area contributed by atoms with Crippen molar-refractivity contribution in [2.24, 2.45) is 5.73 Å². The molecule has 0 spiro atoms. The predicted molar refractivity (Wildman–Crippen MR) is 57.1 cm³/mol. The van der Waals surface area contributed by atoms with E-state index in [-0.39, 0.29) is 12.1 Å². The molecule has 1 unspecified atom stereocenters. The van der Waals surface area contributed by atoms with E-state index in [2.05, 4.69) is 10.6 Å². The number of rotatable bonds is 2. The molecule has 1 aromatic carbocycles. The Labute approximate surface area is 83.5 Å². The largest absolute Gasteiger partial charge is 0.341 e. The summed E-state index contributed by atoms with van der Waals surface area (Å²) in [6.45, 7) is 1.90. The van der Waals surface area contributed by atoms with Gasteiger partial charge in [0.15, 0.2) is 0 Å². The zero-order chi connectivity index (χ0) is 10.6. The average Bonchev–Trinajstić information content (AvgIpc) is 2.18. The maximum Gasteiger partial charge on any atom is 0.318 e. The molecule has 0 aliphatic rings. The SMILES string of the molecule is CNC(=O)Nc1cccc(C(C)N)c1. The fourth-order valence-electron chi connectivity index (χ4n) is 1.09. The van der Waals surface area contributed by atoms with Crippen molar-refractivity contribution in [1.29, 1.82) is 0 Å². The number of nitrogens with one attached hydrogen (secondary N) is 2. The van der Waals surface area contributed by atoms with E-state index >= 15 is 0 Å². The number of carbonyl (C=O) groups is 1. The van der Waals surface area contributed by atoms with Gasteiger partial charge in [0.05, 0.1) is 0 Å². The second kappa shape index (κ2) is 4.62. The smallest absolute Gasteiger partial charge is 0.318 e. The molecule has 0 heterocycles. The first-order chi connectivity index (χ1) is 6.63. The lowest BCUT2D eigenvalue weighted by atomic mass is 10.1. The lowest BCUT2D eigenvalue weighted by molar-refractivity contribution is 0.254. The van der Waals surface area contributed by atoms with Gasteiger partial charge in [0.25, 0.3) is 0 Å². The summed E-state index contributed by atoms with van der Waals surface area (Å²) in [6, 6.07) is 7.22. The average molecular weight is 193 g/mol. The quantitative estimate of drug-likeness (QED) is 0.665. The molecule has 2 amide bonds. The molecule has 0 saturated carbocycles. The number of anilines is 1. The van der Waals surface area contributed by atoms with Gasteiger partial charge in [-0.3, -0.25) is 0 Å². The normalized spacial score (nSPS) is 11.9. The molecule has 4 nitrogen and oxygen atoms in total. The van der Waals surface area contributed by atoms with E-state index < -0.39 is 0 Å². The molecule has 0 aliphatic heterocycles. The molecule has 0 aromatic heterocycles. The third kappa shape index (κ3) is 2.74. The third-order valence-electron chi connectivity index (χ3n) is 1.90. The Morgan fingerprint density at radius 2 is 2.21 bits per heavy atom. The Hall–Kier alpha value is -1.55. The van der Waals surface area contributed by atoms with E-state index in [1.54, 1.807) is 7.05 Å². The van der Waals surface area contributed by atoms with Crippen molar-refractivity contribution >= 4 is 11.7 Å². The summed E-state index contributed by atoms with van der Waals surface area (Å²) in [5.41, 5.74) is 7.47. The molecule has 14 heavy (non-hydrogen) atoms. The van der Waals surface area contributed by atoms with E-state index in [4.69, 9.17) is 5.73 Å². The van der Waals surface area contributed by atoms with Crippen LogP contribution in [0.3, 0.4) is 0 Å². The van der Waals surface area contributed by atoms with Crippen LogP contribution in [0.25, 0.3) is 0 Å². The predicted octanol–water partition coefficient (Wildman–Crippen LogP) is 1.46. The third-order valence-corrected chi connectivity index (χ3v) is 1.90. The Kier molecular flexibility index (Phi) is 3.48. The Bertz CT molecular complexity index is 323. The molecule has 0 fully saturated rings. The molecule has 0 bridgehead atoms. The Morgan fingerprint density at radius 1 is 1.50 bits per heavy atom. The van der Waals surface area contributed by atoms with Gasteiger partial charge in [0.2, 0.25) is 0 Å². The second-order valence-corrected chi connectivity index (χ2v) is 3.12. The van der Waals surface area contributed by atoms with E-state index in [1.807, 2.05) is 31.2 Å². The summed E-state index contributed by atoms with van der Waals surface area (Å²) in [6.07, 6.45) is 0. The molecule has 4 N–H and O–H groups in total. The number of nitrogens with two attached hydrogens (primary N) is 1. The number of benzene rings is 1. The van der Waals surface area contributed by atoms with Crippen LogP contribution >= 0.6 is 0 Å². The van der Waals surface area contributed by atoms with E-state index in [0.717, 1.165) is 11.3 Å².